The number of aromatic nitrogens is 4. The number of H-pyrrole nitrogens is 1. The molecule has 1 aromatic carbocycles. The van der Waals surface area contributed by atoms with Crippen molar-refractivity contribution in [1.29, 1.82) is 0 Å². The lowest BCUT2D eigenvalue weighted by Gasteiger charge is -2.18. The number of Topliss-reactive ketones (excluding diaryl/α,β-unsaturated/α-hetero) is 1. The molecule has 4 rings (SSSR count). The molecule has 3 aromatic rings. The van der Waals surface area contributed by atoms with Crippen LogP contribution in [0.1, 0.15) is 55.9 Å². The number of aromatic amines is 1. The molecule has 1 saturated carbocycles. The Balaban J connectivity index is 1.70. The Kier molecular flexibility index (Phi) is 6.55. The molecule has 2 aromatic heterocycles. The van der Waals surface area contributed by atoms with Crippen LogP contribution in [0.2, 0.25) is 0 Å². The third-order valence-electron chi connectivity index (χ3n) is 5.86. The van der Waals surface area contributed by atoms with Crippen LogP contribution in [0.3, 0.4) is 0 Å². The molecule has 0 bridgehead atoms. The van der Waals surface area contributed by atoms with E-state index < -0.39 is 17.0 Å². The molecule has 10 heteroatoms. The Labute approximate surface area is 194 Å². The van der Waals surface area contributed by atoms with E-state index in [1.807, 2.05) is 26.0 Å². The molecule has 0 spiro atoms. The summed E-state index contributed by atoms with van der Waals surface area (Å²) in [5.41, 5.74) is 4.84. The summed E-state index contributed by atoms with van der Waals surface area (Å²) in [6.45, 7) is 4.09. The fraction of sp³-hybridized carbons (Fsp3) is 0.435. The van der Waals surface area contributed by atoms with E-state index in [0.29, 0.717) is 16.1 Å². The van der Waals surface area contributed by atoms with Gasteiger partial charge in [0.2, 0.25) is 0 Å². The topological polar surface area (TPSA) is 133 Å². The number of carbonyl (C=O) groups excluding carboxylic acids is 1. The first-order valence-electron chi connectivity index (χ1n) is 11.1. The molecule has 0 unspecified atom stereocenters. The smallest absolute Gasteiger partial charge is 0.329 e. The van der Waals surface area contributed by atoms with Crippen LogP contribution in [0.25, 0.3) is 10.9 Å². The summed E-state index contributed by atoms with van der Waals surface area (Å²) < 4.78 is 2.91. The number of carbonyl (C=O) groups is 1. The SMILES string of the molecule is CC(C)Cn1c(N)c(C(=O)CSc2nc3ccccc3c(=O)n2C2CCCC2)c(=O)[nH]c1=O. The Bertz CT molecular complexity index is 1380. The van der Waals surface area contributed by atoms with Crippen LogP contribution < -0.4 is 22.5 Å². The van der Waals surface area contributed by atoms with Gasteiger partial charge >= 0.3 is 5.69 Å². The number of hydrogen-bond acceptors (Lipinski definition) is 7. The van der Waals surface area contributed by atoms with Crippen molar-refractivity contribution in [2.45, 2.75) is 57.3 Å². The maximum atomic E-state index is 13.3. The van der Waals surface area contributed by atoms with Gasteiger partial charge in [-0.3, -0.25) is 28.5 Å². The molecule has 9 nitrogen and oxygen atoms in total. The lowest BCUT2D eigenvalue weighted by molar-refractivity contribution is 0.102. The van der Waals surface area contributed by atoms with Crippen LogP contribution in [0, 0.1) is 5.92 Å². The van der Waals surface area contributed by atoms with E-state index in [-0.39, 0.29) is 41.2 Å². The average molecular weight is 470 g/mol. The van der Waals surface area contributed by atoms with Crippen LogP contribution in [0.4, 0.5) is 5.82 Å². The largest absolute Gasteiger partial charge is 0.384 e. The fourth-order valence-electron chi connectivity index (χ4n) is 4.32. The molecule has 0 saturated heterocycles. The molecule has 0 atom stereocenters. The number of nitrogen functional groups attached to an aromatic ring is 1. The minimum atomic E-state index is -0.803. The number of nitrogens with two attached hydrogens (primary N) is 1. The van der Waals surface area contributed by atoms with Crippen molar-refractivity contribution in [2.75, 3.05) is 11.5 Å². The monoisotopic (exact) mass is 469 g/mol. The standard InChI is InChI=1S/C23H27N5O4S/c1-13(2)11-27-19(24)18(20(30)26-22(27)32)17(29)12-33-23-25-16-10-6-5-9-15(16)21(31)28(23)14-7-3-4-8-14/h5-6,9-10,13-14H,3-4,7-8,11-12,24H2,1-2H3,(H,26,30,32). The first-order chi connectivity index (χ1) is 15.8. The minimum Gasteiger partial charge on any atom is -0.384 e. The maximum absolute atomic E-state index is 13.3. The van der Waals surface area contributed by atoms with Gasteiger partial charge in [0.05, 0.1) is 16.7 Å². The summed E-state index contributed by atoms with van der Waals surface area (Å²) in [7, 11) is 0. The highest BCUT2D eigenvalue weighted by molar-refractivity contribution is 7.99. The number of benzene rings is 1. The third kappa shape index (κ3) is 4.52. The number of hydrogen-bond donors (Lipinski definition) is 2. The molecule has 3 N–H and O–H groups in total. The van der Waals surface area contributed by atoms with Crippen molar-refractivity contribution in [1.82, 2.24) is 19.1 Å². The normalized spacial score (nSPS) is 14.4. The number of nitrogens with one attached hydrogen (secondary N) is 1. The highest BCUT2D eigenvalue weighted by Gasteiger charge is 2.25. The number of para-hydroxylation sites is 1. The Morgan fingerprint density at radius 1 is 1.21 bits per heavy atom. The zero-order valence-corrected chi connectivity index (χ0v) is 19.5. The van der Waals surface area contributed by atoms with E-state index in [9.17, 15) is 19.2 Å². The highest BCUT2D eigenvalue weighted by Crippen LogP contribution is 2.32. The predicted molar refractivity (Wildman–Crippen MR) is 129 cm³/mol. The van der Waals surface area contributed by atoms with Gasteiger partial charge in [0.25, 0.3) is 11.1 Å². The third-order valence-corrected chi connectivity index (χ3v) is 6.82. The molecule has 33 heavy (non-hydrogen) atoms. The Morgan fingerprint density at radius 3 is 2.61 bits per heavy atom. The second kappa shape index (κ2) is 9.38. The number of ketones is 1. The molecule has 1 aliphatic rings. The molecule has 174 valence electrons. The second-order valence-electron chi connectivity index (χ2n) is 8.76. The summed E-state index contributed by atoms with van der Waals surface area (Å²) in [5, 5.41) is 0.992. The van der Waals surface area contributed by atoms with Gasteiger partial charge < -0.3 is 5.73 Å². The number of rotatable bonds is 7. The van der Waals surface area contributed by atoms with Crippen molar-refractivity contribution in [3.8, 4) is 0 Å². The fourth-order valence-corrected chi connectivity index (χ4v) is 5.26. The molecule has 0 amide bonds. The first kappa shape index (κ1) is 23.0. The van der Waals surface area contributed by atoms with Crippen molar-refractivity contribution in [3.05, 3.63) is 61.0 Å². The highest BCUT2D eigenvalue weighted by atomic mass is 32.2. The van der Waals surface area contributed by atoms with Crippen LogP contribution in [-0.4, -0.2) is 30.6 Å². The molecule has 0 aliphatic heterocycles. The number of anilines is 1. The molecular formula is C23H27N5O4S. The summed E-state index contributed by atoms with van der Waals surface area (Å²) in [6, 6.07) is 7.18. The van der Waals surface area contributed by atoms with E-state index in [4.69, 9.17) is 5.73 Å². The van der Waals surface area contributed by atoms with Gasteiger partial charge in [-0.25, -0.2) is 9.78 Å². The maximum Gasteiger partial charge on any atom is 0.329 e. The zero-order valence-electron chi connectivity index (χ0n) is 18.7. The lowest BCUT2D eigenvalue weighted by atomic mass is 10.2. The number of fused-ring (bicyclic) bond motifs is 1. The molecule has 2 heterocycles. The van der Waals surface area contributed by atoms with Crippen LogP contribution in [0.5, 0.6) is 0 Å². The summed E-state index contributed by atoms with van der Waals surface area (Å²) >= 11 is 1.11. The lowest BCUT2D eigenvalue weighted by Crippen LogP contribution is -2.37. The van der Waals surface area contributed by atoms with Crippen molar-refractivity contribution in [2.24, 2.45) is 5.92 Å². The van der Waals surface area contributed by atoms with Gasteiger partial charge in [-0.2, -0.15) is 0 Å². The summed E-state index contributed by atoms with van der Waals surface area (Å²) in [4.78, 5) is 57.7. The van der Waals surface area contributed by atoms with Gasteiger partial charge in [0.1, 0.15) is 11.4 Å². The number of nitrogens with zero attached hydrogens (tertiary/aromatic N) is 3. The quantitative estimate of drug-likeness (QED) is 0.309. The van der Waals surface area contributed by atoms with E-state index in [1.165, 1.54) is 4.57 Å². The van der Waals surface area contributed by atoms with Gasteiger partial charge in [-0.05, 0) is 30.9 Å². The second-order valence-corrected chi connectivity index (χ2v) is 9.70. The molecule has 0 radical (unpaired) electrons. The van der Waals surface area contributed by atoms with Crippen LogP contribution in [0.15, 0.2) is 43.8 Å². The van der Waals surface area contributed by atoms with Gasteiger partial charge in [-0.15, -0.1) is 0 Å². The molecular weight excluding hydrogens is 442 g/mol. The summed E-state index contributed by atoms with van der Waals surface area (Å²) in [6.07, 6.45) is 3.84. The van der Waals surface area contributed by atoms with E-state index in [1.54, 1.807) is 16.7 Å². The minimum absolute atomic E-state index is 0.0358. The van der Waals surface area contributed by atoms with Crippen molar-refractivity contribution >= 4 is 34.3 Å². The zero-order chi connectivity index (χ0) is 23.7. The van der Waals surface area contributed by atoms with Gasteiger partial charge in [0.15, 0.2) is 10.9 Å². The molecule has 1 fully saturated rings. The Hall–Kier alpha value is -3.14. The Morgan fingerprint density at radius 2 is 1.91 bits per heavy atom. The van der Waals surface area contributed by atoms with E-state index in [0.717, 1.165) is 37.4 Å². The van der Waals surface area contributed by atoms with Crippen LogP contribution >= 0.6 is 11.8 Å². The molecule has 1 aliphatic carbocycles. The van der Waals surface area contributed by atoms with Gasteiger partial charge in [0, 0.05) is 12.6 Å². The average Bonchev–Trinajstić information content (AvgIpc) is 3.29. The first-order valence-corrected chi connectivity index (χ1v) is 12.1. The van der Waals surface area contributed by atoms with Crippen molar-refractivity contribution in [3.63, 3.8) is 0 Å². The van der Waals surface area contributed by atoms with Crippen molar-refractivity contribution < 1.29 is 4.79 Å². The summed E-state index contributed by atoms with van der Waals surface area (Å²) in [5.74, 6) is -0.694. The van der Waals surface area contributed by atoms with Crippen LogP contribution in [-0.2, 0) is 6.54 Å². The van der Waals surface area contributed by atoms with Gasteiger partial charge in [-0.1, -0.05) is 50.6 Å². The van der Waals surface area contributed by atoms with E-state index >= 15 is 0 Å². The number of thioether (sulfide) groups is 1. The predicted octanol–water partition coefficient (Wildman–Crippen LogP) is 2.57. The van der Waals surface area contributed by atoms with E-state index in [2.05, 4.69) is 9.97 Å².